The lowest BCUT2D eigenvalue weighted by atomic mass is 9.91. The Hall–Kier alpha value is -1.09. The fourth-order valence-electron chi connectivity index (χ4n) is 1.62. The van der Waals surface area contributed by atoms with Crippen molar-refractivity contribution in [1.29, 1.82) is 0 Å². The molecule has 1 aromatic carbocycles. The van der Waals surface area contributed by atoms with Gasteiger partial charge in [0.05, 0.1) is 6.04 Å². The van der Waals surface area contributed by atoms with E-state index in [2.05, 4.69) is 36.8 Å². The molecule has 2 nitrogen and oxygen atoms in total. The van der Waals surface area contributed by atoms with E-state index in [1.807, 2.05) is 6.07 Å². The maximum Gasteiger partial charge on any atom is 0.117 e. The molecule has 0 radical (unpaired) electrons. The summed E-state index contributed by atoms with van der Waals surface area (Å²) in [5.74, 6) is 0. The van der Waals surface area contributed by atoms with Crippen LogP contribution in [0.15, 0.2) is 18.2 Å². The number of anilines is 1. The summed E-state index contributed by atoms with van der Waals surface area (Å²) in [5, 5.41) is 0. The zero-order valence-corrected chi connectivity index (χ0v) is 9.18. The van der Waals surface area contributed by atoms with Crippen LogP contribution in [0.25, 0.3) is 0 Å². The van der Waals surface area contributed by atoms with Gasteiger partial charge in [-0.05, 0) is 49.9 Å². The predicted molar refractivity (Wildman–Crippen MR) is 60.6 cm³/mol. The first-order chi connectivity index (χ1) is 7.16. The summed E-state index contributed by atoms with van der Waals surface area (Å²) in [6, 6.07) is 6.11. The minimum Gasteiger partial charge on any atom is -0.321 e. The quantitative estimate of drug-likeness (QED) is 0.746. The summed E-state index contributed by atoms with van der Waals surface area (Å²) in [6.07, 6.45) is 0.912. The number of halogens is 1. The van der Waals surface area contributed by atoms with Crippen LogP contribution in [-0.4, -0.2) is 12.2 Å². The third-order valence-corrected chi connectivity index (χ3v) is 3.10. The fraction of sp³-hybridized carbons (Fsp3) is 0.500. The van der Waals surface area contributed by atoms with Crippen LogP contribution in [0.5, 0.6) is 0 Å². The third-order valence-electron chi connectivity index (χ3n) is 3.10. The van der Waals surface area contributed by atoms with E-state index in [9.17, 15) is 4.39 Å². The Balaban J connectivity index is 1.90. The average Bonchev–Trinajstić information content (AvgIpc) is 2.21. The smallest absolute Gasteiger partial charge is 0.117 e. The van der Waals surface area contributed by atoms with E-state index >= 15 is 0 Å². The van der Waals surface area contributed by atoms with Crippen molar-refractivity contribution in [3.8, 4) is 0 Å². The van der Waals surface area contributed by atoms with Crippen molar-refractivity contribution < 1.29 is 4.39 Å². The summed E-state index contributed by atoms with van der Waals surface area (Å²) in [4.78, 5) is 0. The normalized spacial score (nSPS) is 24.7. The second-order valence-corrected chi connectivity index (χ2v) is 4.27. The second kappa shape index (κ2) is 4.19. The van der Waals surface area contributed by atoms with Crippen molar-refractivity contribution in [3.63, 3.8) is 0 Å². The zero-order valence-electron chi connectivity index (χ0n) is 9.18. The van der Waals surface area contributed by atoms with Crippen LogP contribution >= 0.6 is 0 Å². The van der Waals surface area contributed by atoms with Gasteiger partial charge in [0.2, 0.25) is 0 Å². The van der Waals surface area contributed by atoms with Gasteiger partial charge in [-0.15, -0.1) is 0 Å². The molecule has 2 N–H and O–H groups in total. The molecular weight excluding hydrogens is 191 g/mol. The van der Waals surface area contributed by atoms with Gasteiger partial charge in [0.25, 0.3) is 0 Å². The van der Waals surface area contributed by atoms with E-state index in [0.29, 0.717) is 6.42 Å². The number of hydrogen-bond donors (Lipinski definition) is 2. The van der Waals surface area contributed by atoms with Gasteiger partial charge in [-0.3, -0.25) is 0 Å². The Morgan fingerprint density at radius 3 is 2.53 bits per heavy atom. The first-order valence-electron chi connectivity index (χ1n) is 5.39. The molecule has 0 heterocycles. The van der Waals surface area contributed by atoms with Crippen LogP contribution in [0.4, 0.5) is 10.1 Å². The molecule has 2 atom stereocenters. The number of aryl methyl sites for hydroxylation is 2. The Morgan fingerprint density at radius 1 is 1.20 bits per heavy atom. The second-order valence-electron chi connectivity index (χ2n) is 4.27. The molecule has 1 aliphatic rings. The van der Waals surface area contributed by atoms with Gasteiger partial charge in [0.1, 0.15) is 6.17 Å². The van der Waals surface area contributed by atoms with Gasteiger partial charge >= 0.3 is 0 Å². The highest BCUT2D eigenvalue weighted by atomic mass is 19.1. The minimum atomic E-state index is -0.691. The largest absolute Gasteiger partial charge is 0.321 e. The zero-order chi connectivity index (χ0) is 10.8. The number of benzene rings is 1. The van der Waals surface area contributed by atoms with Crippen LogP contribution in [0.1, 0.15) is 24.0 Å². The Morgan fingerprint density at radius 2 is 2.00 bits per heavy atom. The maximum atomic E-state index is 12.9. The van der Waals surface area contributed by atoms with Gasteiger partial charge in [-0.1, -0.05) is 6.07 Å². The summed E-state index contributed by atoms with van der Waals surface area (Å²) < 4.78 is 12.9. The van der Waals surface area contributed by atoms with Crippen molar-refractivity contribution in [2.24, 2.45) is 0 Å². The number of alkyl halides is 1. The average molecular weight is 208 g/mol. The van der Waals surface area contributed by atoms with Crippen molar-refractivity contribution in [2.45, 2.75) is 38.9 Å². The first kappa shape index (κ1) is 10.4. The number of hydrogen-bond acceptors (Lipinski definition) is 2. The number of nitrogens with one attached hydrogen (secondary N) is 2. The lowest BCUT2D eigenvalue weighted by Crippen LogP contribution is -2.47. The lowest BCUT2D eigenvalue weighted by molar-refractivity contribution is 0.149. The molecule has 0 spiro atoms. The third kappa shape index (κ3) is 2.29. The molecule has 0 aliphatic heterocycles. The highest BCUT2D eigenvalue weighted by Gasteiger charge is 2.30. The SMILES string of the molecule is Cc1ccc(NNC2CCC2F)cc1C. The highest BCUT2D eigenvalue weighted by molar-refractivity contribution is 5.47. The van der Waals surface area contributed by atoms with E-state index in [1.165, 1.54) is 11.1 Å². The standard InChI is InChI=1S/C12H17FN2/c1-8-3-4-10(7-9(8)2)14-15-12-6-5-11(12)13/h3-4,7,11-12,14-15H,5-6H2,1-2H3. The van der Waals surface area contributed by atoms with Crippen LogP contribution in [-0.2, 0) is 0 Å². The molecule has 1 aliphatic carbocycles. The molecule has 1 aromatic rings. The molecule has 1 saturated carbocycles. The van der Waals surface area contributed by atoms with Gasteiger partial charge in [0.15, 0.2) is 0 Å². The monoisotopic (exact) mass is 208 g/mol. The van der Waals surface area contributed by atoms with E-state index in [1.54, 1.807) is 0 Å². The predicted octanol–water partition coefficient (Wildman–Crippen LogP) is 2.72. The first-order valence-corrected chi connectivity index (χ1v) is 5.39. The molecule has 2 unspecified atom stereocenters. The van der Waals surface area contributed by atoms with Crippen LogP contribution in [0.2, 0.25) is 0 Å². The number of rotatable bonds is 3. The van der Waals surface area contributed by atoms with Crippen molar-refractivity contribution in [2.75, 3.05) is 5.43 Å². The molecule has 3 heteroatoms. The molecule has 0 aromatic heterocycles. The maximum absolute atomic E-state index is 12.9. The van der Waals surface area contributed by atoms with Crippen LogP contribution in [0, 0.1) is 13.8 Å². The molecular formula is C12H17FN2. The van der Waals surface area contributed by atoms with Crippen molar-refractivity contribution in [1.82, 2.24) is 5.43 Å². The Bertz CT molecular complexity index is 351. The topological polar surface area (TPSA) is 24.1 Å². The summed E-state index contributed by atoms with van der Waals surface area (Å²) in [5.41, 5.74) is 9.57. The summed E-state index contributed by atoms with van der Waals surface area (Å²) in [6.45, 7) is 4.15. The molecule has 2 rings (SSSR count). The fourth-order valence-corrected chi connectivity index (χ4v) is 1.62. The van der Waals surface area contributed by atoms with Gasteiger partial charge < -0.3 is 5.43 Å². The van der Waals surface area contributed by atoms with E-state index in [-0.39, 0.29) is 6.04 Å². The van der Waals surface area contributed by atoms with Crippen molar-refractivity contribution in [3.05, 3.63) is 29.3 Å². The molecule has 82 valence electrons. The lowest BCUT2D eigenvalue weighted by Gasteiger charge is -2.31. The highest BCUT2D eigenvalue weighted by Crippen LogP contribution is 2.23. The number of hydrazine groups is 1. The minimum absolute atomic E-state index is 0.0217. The Labute approximate surface area is 89.9 Å². The van der Waals surface area contributed by atoms with Crippen LogP contribution < -0.4 is 10.9 Å². The molecule has 0 amide bonds. The van der Waals surface area contributed by atoms with Crippen LogP contribution in [0.3, 0.4) is 0 Å². The molecule has 15 heavy (non-hydrogen) atoms. The summed E-state index contributed by atoms with van der Waals surface area (Å²) >= 11 is 0. The van der Waals surface area contributed by atoms with Gasteiger partial charge in [0, 0.05) is 5.69 Å². The van der Waals surface area contributed by atoms with E-state index in [0.717, 1.165) is 12.1 Å². The Kier molecular flexibility index (Phi) is 2.91. The summed E-state index contributed by atoms with van der Waals surface area (Å²) in [7, 11) is 0. The van der Waals surface area contributed by atoms with E-state index < -0.39 is 6.17 Å². The van der Waals surface area contributed by atoms with Crippen molar-refractivity contribution >= 4 is 5.69 Å². The molecule has 0 saturated heterocycles. The molecule has 0 bridgehead atoms. The van der Waals surface area contributed by atoms with Gasteiger partial charge in [-0.25, -0.2) is 9.82 Å². The van der Waals surface area contributed by atoms with Gasteiger partial charge in [-0.2, -0.15) is 0 Å². The van der Waals surface area contributed by atoms with E-state index in [4.69, 9.17) is 0 Å². The molecule has 1 fully saturated rings.